The summed E-state index contributed by atoms with van der Waals surface area (Å²) < 4.78 is 82.0. The maximum atomic E-state index is 12.9. The van der Waals surface area contributed by atoms with Gasteiger partial charge in [0.15, 0.2) is 0 Å². The summed E-state index contributed by atoms with van der Waals surface area (Å²) in [5, 5.41) is 0. The van der Waals surface area contributed by atoms with E-state index in [1.54, 1.807) is 0 Å². The van der Waals surface area contributed by atoms with Crippen LogP contribution in [0.15, 0.2) is 42.7 Å². The molecule has 0 saturated heterocycles. The molecule has 21 heavy (non-hydrogen) atoms. The maximum Gasteiger partial charge on any atom is 0.420 e. The minimum Gasteiger partial charge on any atom is -0.457 e. The Kier molecular flexibility index (Phi) is 3.80. The average molecular weight is 307 g/mol. The molecule has 112 valence electrons. The predicted octanol–water partition coefficient (Wildman–Crippen LogP) is 4.91. The summed E-state index contributed by atoms with van der Waals surface area (Å²) in [5.74, 6) is -0.960. The van der Waals surface area contributed by atoms with Crippen molar-refractivity contribution in [3.05, 3.63) is 53.9 Å². The second-order valence-electron chi connectivity index (χ2n) is 3.96. The third kappa shape index (κ3) is 3.45. The van der Waals surface area contributed by atoms with Gasteiger partial charge in [0.05, 0.1) is 5.56 Å². The van der Waals surface area contributed by atoms with Crippen molar-refractivity contribution in [2.24, 2.45) is 0 Å². The average Bonchev–Trinajstić information content (AvgIpc) is 2.37. The van der Waals surface area contributed by atoms with Gasteiger partial charge in [-0.1, -0.05) is 6.07 Å². The molecule has 1 aromatic carbocycles. The number of nitrogens with zero attached hydrogens (tertiary/aromatic N) is 1. The number of hydrogen-bond donors (Lipinski definition) is 0. The summed E-state index contributed by atoms with van der Waals surface area (Å²) in [6.45, 7) is 0. The monoisotopic (exact) mass is 307 g/mol. The van der Waals surface area contributed by atoms with E-state index in [2.05, 4.69) is 4.98 Å². The standard InChI is InChI=1S/C13H7F6NO/c14-12(15,16)9-2-1-3-10(11(9)13(17,18)19)21-8-4-6-20-7-5-8/h1-7H. The largest absolute Gasteiger partial charge is 0.457 e. The summed E-state index contributed by atoms with van der Waals surface area (Å²) in [7, 11) is 0. The number of aromatic nitrogens is 1. The molecule has 2 rings (SSSR count). The Morgan fingerprint density at radius 2 is 1.43 bits per heavy atom. The molecule has 8 heteroatoms. The molecule has 0 N–H and O–H groups in total. The van der Waals surface area contributed by atoms with Crippen LogP contribution in [-0.4, -0.2) is 4.98 Å². The molecule has 0 aliphatic rings. The SMILES string of the molecule is FC(F)(F)c1cccc(Oc2ccncc2)c1C(F)(F)F. The van der Waals surface area contributed by atoms with Crippen molar-refractivity contribution in [1.82, 2.24) is 4.98 Å². The summed E-state index contributed by atoms with van der Waals surface area (Å²) in [6, 6.07) is 4.52. The van der Waals surface area contributed by atoms with Crippen LogP contribution in [0.4, 0.5) is 26.3 Å². The lowest BCUT2D eigenvalue weighted by Crippen LogP contribution is -2.17. The Bertz CT molecular complexity index is 621. The fraction of sp³-hybridized carbons (Fsp3) is 0.154. The highest BCUT2D eigenvalue weighted by Gasteiger charge is 2.45. The van der Waals surface area contributed by atoms with E-state index in [0.717, 1.165) is 12.1 Å². The molecule has 2 nitrogen and oxygen atoms in total. The first-order valence-corrected chi connectivity index (χ1v) is 5.55. The molecule has 0 fully saturated rings. The lowest BCUT2D eigenvalue weighted by atomic mass is 10.1. The normalized spacial score (nSPS) is 12.3. The molecular weight excluding hydrogens is 300 g/mol. The second kappa shape index (κ2) is 5.27. The highest BCUT2D eigenvalue weighted by Crippen LogP contribution is 2.45. The van der Waals surface area contributed by atoms with Crippen molar-refractivity contribution < 1.29 is 31.1 Å². The Labute approximate surface area is 115 Å². The van der Waals surface area contributed by atoms with E-state index in [1.807, 2.05) is 0 Å². The summed E-state index contributed by atoms with van der Waals surface area (Å²) in [4.78, 5) is 3.63. The summed E-state index contributed by atoms with van der Waals surface area (Å²) in [5.41, 5.74) is -3.64. The zero-order chi connectivity index (χ0) is 15.7. The number of hydrogen-bond acceptors (Lipinski definition) is 2. The van der Waals surface area contributed by atoms with E-state index in [0.29, 0.717) is 6.07 Å². The van der Waals surface area contributed by atoms with Gasteiger partial charge >= 0.3 is 12.4 Å². The number of benzene rings is 1. The van der Waals surface area contributed by atoms with Crippen molar-refractivity contribution in [3.8, 4) is 11.5 Å². The quantitative estimate of drug-likeness (QED) is 0.735. The van der Waals surface area contributed by atoms with Crippen LogP contribution in [0.25, 0.3) is 0 Å². The molecule has 0 aliphatic heterocycles. The fourth-order valence-electron chi connectivity index (χ4n) is 1.68. The Morgan fingerprint density at radius 1 is 0.810 bits per heavy atom. The highest BCUT2D eigenvalue weighted by atomic mass is 19.4. The lowest BCUT2D eigenvalue weighted by molar-refractivity contribution is -0.162. The molecule has 2 aromatic rings. The van der Waals surface area contributed by atoms with Crippen LogP contribution >= 0.6 is 0 Å². The zero-order valence-electron chi connectivity index (χ0n) is 10.2. The van der Waals surface area contributed by atoms with Gasteiger partial charge in [-0.15, -0.1) is 0 Å². The van der Waals surface area contributed by atoms with Crippen LogP contribution < -0.4 is 4.74 Å². The second-order valence-corrected chi connectivity index (χ2v) is 3.96. The van der Waals surface area contributed by atoms with Gasteiger partial charge in [-0.3, -0.25) is 4.98 Å². The van der Waals surface area contributed by atoms with Crippen LogP contribution in [0.1, 0.15) is 11.1 Å². The number of alkyl halides is 6. The summed E-state index contributed by atoms with van der Waals surface area (Å²) in [6.07, 6.45) is -7.84. The van der Waals surface area contributed by atoms with Crippen LogP contribution in [0.5, 0.6) is 11.5 Å². The number of ether oxygens (including phenoxy) is 1. The number of halogens is 6. The first-order valence-electron chi connectivity index (χ1n) is 5.55. The van der Waals surface area contributed by atoms with E-state index >= 15 is 0 Å². The fourth-order valence-corrected chi connectivity index (χ4v) is 1.68. The van der Waals surface area contributed by atoms with Crippen LogP contribution in [0.3, 0.4) is 0 Å². The van der Waals surface area contributed by atoms with Gasteiger partial charge in [-0.2, -0.15) is 26.3 Å². The molecule has 0 spiro atoms. The van der Waals surface area contributed by atoms with Gasteiger partial charge in [-0.25, -0.2) is 0 Å². The summed E-state index contributed by atoms with van der Waals surface area (Å²) >= 11 is 0. The van der Waals surface area contributed by atoms with E-state index in [4.69, 9.17) is 4.74 Å². The highest BCUT2D eigenvalue weighted by molar-refractivity contribution is 5.45. The van der Waals surface area contributed by atoms with Gasteiger partial charge in [0.25, 0.3) is 0 Å². The minimum atomic E-state index is -5.20. The molecule has 0 amide bonds. The number of pyridine rings is 1. The van der Waals surface area contributed by atoms with Gasteiger partial charge in [-0.05, 0) is 24.3 Å². The third-order valence-electron chi connectivity index (χ3n) is 2.49. The van der Waals surface area contributed by atoms with Crippen molar-refractivity contribution in [1.29, 1.82) is 0 Å². The molecule has 1 aromatic heterocycles. The smallest absolute Gasteiger partial charge is 0.420 e. The Morgan fingerprint density at radius 3 is 1.95 bits per heavy atom. The van der Waals surface area contributed by atoms with Crippen molar-refractivity contribution in [2.45, 2.75) is 12.4 Å². The topological polar surface area (TPSA) is 22.1 Å². The maximum absolute atomic E-state index is 12.9. The Hall–Kier alpha value is -2.25. The first kappa shape index (κ1) is 15.1. The van der Waals surface area contributed by atoms with E-state index < -0.39 is 29.2 Å². The zero-order valence-corrected chi connectivity index (χ0v) is 10.2. The first-order chi connectivity index (χ1) is 9.69. The van der Waals surface area contributed by atoms with Crippen LogP contribution in [-0.2, 0) is 12.4 Å². The molecule has 0 radical (unpaired) electrons. The molecule has 1 heterocycles. The van der Waals surface area contributed by atoms with Crippen molar-refractivity contribution >= 4 is 0 Å². The predicted molar refractivity (Wildman–Crippen MR) is 60.8 cm³/mol. The van der Waals surface area contributed by atoms with E-state index in [-0.39, 0.29) is 5.75 Å². The van der Waals surface area contributed by atoms with E-state index in [1.165, 1.54) is 24.5 Å². The molecule has 0 saturated carbocycles. The molecule has 0 aliphatic carbocycles. The lowest BCUT2D eigenvalue weighted by Gasteiger charge is -2.19. The van der Waals surface area contributed by atoms with Gasteiger partial charge < -0.3 is 4.74 Å². The Balaban J connectivity index is 2.56. The molecule has 0 unspecified atom stereocenters. The van der Waals surface area contributed by atoms with E-state index in [9.17, 15) is 26.3 Å². The molecule has 0 bridgehead atoms. The van der Waals surface area contributed by atoms with Gasteiger partial charge in [0.1, 0.15) is 17.1 Å². The third-order valence-corrected chi connectivity index (χ3v) is 2.49. The van der Waals surface area contributed by atoms with Crippen LogP contribution in [0.2, 0.25) is 0 Å². The van der Waals surface area contributed by atoms with Crippen LogP contribution in [0, 0.1) is 0 Å². The van der Waals surface area contributed by atoms with Gasteiger partial charge in [0.2, 0.25) is 0 Å². The number of rotatable bonds is 2. The van der Waals surface area contributed by atoms with Gasteiger partial charge in [0, 0.05) is 12.4 Å². The minimum absolute atomic E-state index is 0.0465. The van der Waals surface area contributed by atoms with Crippen molar-refractivity contribution in [2.75, 3.05) is 0 Å². The van der Waals surface area contributed by atoms with Crippen molar-refractivity contribution in [3.63, 3.8) is 0 Å². The molecular formula is C13H7F6NO. The molecule has 0 atom stereocenters.